The van der Waals surface area contributed by atoms with Crippen LogP contribution in [0.2, 0.25) is 0 Å². The van der Waals surface area contributed by atoms with Gasteiger partial charge in [-0.2, -0.15) is 0 Å². The summed E-state index contributed by atoms with van der Waals surface area (Å²) in [6.45, 7) is 6.35. The summed E-state index contributed by atoms with van der Waals surface area (Å²) in [5.74, 6) is 1.05. The predicted molar refractivity (Wildman–Crippen MR) is 82.8 cm³/mol. The summed E-state index contributed by atoms with van der Waals surface area (Å²) in [5.41, 5.74) is 4.19. The van der Waals surface area contributed by atoms with E-state index >= 15 is 0 Å². The second-order valence-electron chi connectivity index (χ2n) is 5.29. The normalized spacial score (nSPS) is 16.1. The molecule has 1 aromatic carbocycles. The number of halogens is 1. The molecular formula is C15H18BrN3. The highest BCUT2D eigenvalue weighted by atomic mass is 79.9. The lowest BCUT2D eigenvalue weighted by atomic mass is 10.1. The molecule has 1 saturated heterocycles. The predicted octanol–water partition coefficient (Wildman–Crippen LogP) is 4.00. The summed E-state index contributed by atoms with van der Waals surface area (Å²) >= 11 is 3.61. The lowest BCUT2D eigenvalue weighted by molar-refractivity contribution is 0.572. The van der Waals surface area contributed by atoms with Gasteiger partial charge >= 0.3 is 0 Å². The maximum atomic E-state index is 4.86. The fraction of sp³-hybridized carbons (Fsp3) is 0.467. The number of hydrogen-bond acceptors (Lipinski definition) is 3. The average molecular weight is 320 g/mol. The Morgan fingerprint density at radius 3 is 2.53 bits per heavy atom. The average Bonchev–Trinajstić information content (AvgIpc) is 2.38. The van der Waals surface area contributed by atoms with Crippen molar-refractivity contribution in [2.75, 3.05) is 18.0 Å². The van der Waals surface area contributed by atoms with E-state index in [0.29, 0.717) is 0 Å². The first kappa shape index (κ1) is 12.9. The molecule has 0 unspecified atom stereocenters. The number of nitrogens with zero attached hydrogens (tertiary/aromatic N) is 3. The second kappa shape index (κ2) is 5.08. The Labute approximate surface area is 122 Å². The summed E-state index contributed by atoms with van der Waals surface area (Å²) in [5, 5.41) is 0. The minimum Gasteiger partial charge on any atom is -0.355 e. The fourth-order valence-electron chi connectivity index (χ4n) is 2.73. The van der Waals surface area contributed by atoms with Gasteiger partial charge in [-0.1, -0.05) is 0 Å². The third-order valence-corrected chi connectivity index (χ3v) is 4.28. The van der Waals surface area contributed by atoms with Gasteiger partial charge in [-0.15, -0.1) is 0 Å². The van der Waals surface area contributed by atoms with E-state index in [1.807, 2.05) is 0 Å². The lowest BCUT2D eigenvalue weighted by Gasteiger charge is -2.28. The number of fused-ring (bicyclic) bond motifs is 1. The first-order valence-electron chi connectivity index (χ1n) is 6.84. The molecule has 0 bridgehead atoms. The van der Waals surface area contributed by atoms with Gasteiger partial charge in [-0.3, -0.25) is 0 Å². The molecular weight excluding hydrogens is 302 g/mol. The third kappa shape index (κ3) is 2.46. The highest BCUT2D eigenvalue weighted by Gasteiger charge is 2.16. The largest absolute Gasteiger partial charge is 0.355 e. The monoisotopic (exact) mass is 319 g/mol. The molecule has 1 aromatic heterocycles. The van der Waals surface area contributed by atoms with Crippen molar-refractivity contribution in [3.63, 3.8) is 0 Å². The van der Waals surface area contributed by atoms with Gasteiger partial charge in [-0.25, -0.2) is 9.97 Å². The van der Waals surface area contributed by atoms with E-state index in [1.165, 1.54) is 24.8 Å². The molecule has 3 rings (SSSR count). The fourth-order valence-corrected chi connectivity index (χ4v) is 3.39. The Morgan fingerprint density at radius 2 is 1.79 bits per heavy atom. The van der Waals surface area contributed by atoms with Gasteiger partial charge < -0.3 is 4.90 Å². The van der Waals surface area contributed by atoms with Crippen LogP contribution in [-0.2, 0) is 0 Å². The summed E-state index contributed by atoms with van der Waals surface area (Å²) in [7, 11) is 0. The van der Waals surface area contributed by atoms with E-state index in [0.717, 1.165) is 40.1 Å². The first-order chi connectivity index (χ1) is 9.15. The number of aryl methyl sites for hydroxylation is 2. The number of rotatable bonds is 1. The number of anilines is 1. The van der Waals surface area contributed by atoms with E-state index in [4.69, 9.17) is 9.97 Å². The molecule has 2 heterocycles. The van der Waals surface area contributed by atoms with Crippen molar-refractivity contribution in [3.8, 4) is 0 Å². The highest BCUT2D eigenvalue weighted by Crippen LogP contribution is 2.28. The van der Waals surface area contributed by atoms with Crippen molar-refractivity contribution in [2.24, 2.45) is 0 Å². The molecule has 1 aliphatic rings. The Hall–Kier alpha value is -1.16. The second-order valence-corrected chi connectivity index (χ2v) is 6.15. The molecule has 0 saturated carbocycles. The molecule has 100 valence electrons. The number of hydrogen-bond donors (Lipinski definition) is 0. The van der Waals surface area contributed by atoms with Gasteiger partial charge in [0.05, 0.1) is 11.2 Å². The zero-order chi connectivity index (χ0) is 13.4. The van der Waals surface area contributed by atoms with E-state index in [1.54, 1.807) is 0 Å². The van der Waals surface area contributed by atoms with Crippen molar-refractivity contribution in [2.45, 2.75) is 33.1 Å². The van der Waals surface area contributed by atoms with E-state index in [2.05, 4.69) is 46.8 Å². The van der Waals surface area contributed by atoms with Crippen molar-refractivity contribution in [3.05, 3.63) is 27.9 Å². The maximum Gasteiger partial charge on any atom is 0.150 e. The Morgan fingerprint density at radius 1 is 1.05 bits per heavy atom. The zero-order valence-electron chi connectivity index (χ0n) is 11.4. The minimum atomic E-state index is 0.969. The van der Waals surface area contributed by atoms with Gasteiger partial charge in [0.2, 0.25) is 0 Å². The quantitative estimate of drug-likeness (QED) is 0.795. The van der Waals surface area contributed by atoms with Crippen LogP contribution in [0.4, 0.5) is 5.82 Å². The molecule has 19 heavy (non-hydrogen) atoms. The third-order valence-electron chi connectivity index (χ3n) is 3.67. The summed E-state index contributed by atoms with van der Waals surface area (Å²) in [6, 6.07) is 4.20. The Bertz CT molecular complexity index is 618. The van der Waals surface area contributed by atoms with Gasteiger partial charge in [0.1, 0.15) is 5.52 Å². The summed E-state index contributed by atoms with van der Waals surface area (Å²) in [4.78, 5) is 12.0. The van der Waals surface area contributed by atoms with Gasteiger partial charge in [0, 0.05) is 17.6 Å². The van der Waals surface area contributed by atoms with Crippen molar-refractivity contribution >= 4 is 32.8 Å². The van der Waals surface area contributed by atoms with Gasteiger partial charge in [0.25, 0.3) is 0 Å². The van der Waals surface area contributed by atoms with Crippen LogP contribution >= 0.6 is 15.9 Å². The molecule has 4 heteroatoms. The Balaban J connectivity index is 2.12. The van der Waals surface area contributed by atoms with Crippen LogP contribution in [0, 0.1) is 13.8 Å². The molecule has 1 fully saturated rings. The highest BCUT2D eigenvalue weighted by molar-refractivity contribution is 9.10. The minimum absolute atomic E-state index is 0.969. The molecule has 0 atom stereocenters. The molecule has 0 spiro atoms. The van der Waals surface area contributed by atoms with Crippen LogP contribution in [0.5, 0.6) is 0 Å². The van der Waals surface area contributed by atoms with Crippen molar-refractivity contribution in [1.29, 1.82) is 0 Å². The van der Waals surface area contributed by atoms with Crippen LogP contribution < -0.4 is 4.90 Å². The molecule has 0 radical (unpaired) electrons. The summed E-state index contributed by atoms with van der Waals surface area (Å²) in [6.07, 6.45) is 3.85. The van der Waals surface area contributed by atoms with Crippen LogP contribution in [0.15, 0.2) is 16.6 Å². The van der Waals surface area contributed by atoms with E-state index < -0.39 is 0 Å². The van der Waals surface area contributed by atoms with E-state index in [9.17, 15) is 0 Å². The van der Waals surface area contributed by atoms with E-state index in [-0.39, 0.29) is 0 Å². The van der Waals surface area contributed by atoms with Gasteiger partial charge in [0.15, 0.2) is 5.82 Å². The standard InChI is InChI=1S/C15H18BrN3/c1-10-8-12(16)14-13(9-10)17-11(2)15(18-14)19-6-4-3-5-7-19/h8-9H,3-7H2,1-2H3. The van der Waals surface area contributed by atoms with Crippen LogP contribution in [0.1, 0.15) is 30.5 Å². The van der Waals surface area contributed by atoms with Crippen LogP contribution in [-0.4, -0.2) is 23.1 Å². The van der Waals surface area contributed by atoms with Gasteiger partial charge in [-0.05, 0) is 66.7 Å². The first-order valence-corrected chi connectivity index (χ1v) is 7.64. The van der Waals surface area contributed by atoms with Crippen LogP contribution in [0.3, 0.4) is 0 Å². The molecule has 1 aliphatic heterocycles. The Kier molecular flexibility index (Phi) is 3.44. The number of piperidine rings is 1. The smallest absolute Gasteiger partial charge is 0.150 e. The van der Waals surface area contributed by atoms with Crippen molar-refractivity contribution in [1.82, 2.24) is 9.97 Å². The molecule has 2 aromatic rings. The lowest BCUT2D eigenvalue weighted by Crippen LogP contribution is -2.31. The topological polar surface area (TPSA) is 29.0 Å². The molecule has 0 aliphatic carbocycles. The maximum absolute atomic E-state index is 4.86. The molecule has 0 amide bonds. The van der Waals surface area contributed by atoms with Crippen LogP contribution in [0.25, 0.3) is 11.0 Å². The number of benzene rings is 1. The SMILES string of the molecule is Cc1cc(Br)c2nc(N3CCCCC3)c(C)nc2c1. The molecule has 3 nitrogen and oxygen atoms in total. The summed E-state index contributed by atoms with van der Waals surface area (Å²) < 4.78 is 1.04. The molecule has 0 N–H and O–H groups in total. The zero-order valence-corrected chi connectivity index (χ0v) is 13.0. The van der Waals surface area contributed by atoms with Crippen molar-refractivity contribution < 1.29 is 0 Å². The number of aromatic nitrogens is 2.